The Morgan fingerprint density at radius 1 is 1.43 bits per heavy atom. The minimum atomic E-state index is -3.47. The van der Waals surface area contributed by atoms with E-state index in [1.807, 2.05) is 0 Å². The van der Waals surface area contributed by atoms with Crippen LogP contribution in [0.15, 0.2) is 23.1 Å². The number of rotatable bonds is 5. The van der Waals surface area contributed by atoms with Gasteiger partial charge in [0.15, 0.2) is 0 Å². The van der Waals surface area contributed by atoms with Gasteiger partial charge in [0.25, 0.3) is 0 Å². The number of aryl methyl sites for hydroxylation is 1. The first-order valence-electron chi connectivity index (χ1n) is 7.19. The van der Waals surface area contributed by atoms with E-state index in [0.717, 1.165) is 12.8 Å². The van der Waals surface area contributed by atoms with E-state index in [0.29, 0.717) is 34.4 Å². The fraction of sp³-hybridized carbons (Fsp3) is 0.533. The molecule has 1 aliphatic rings. The maximum atomic E-state index is 12.4. The van der Waals surface area contributed by atoms with Crippen molar-refractivity contribution in [1.29, 1.82) is 0 Å². The van der Waals surface area contributed by atoms with Crippen LogP contribution in [0.3, 0.4) is 0 Å². The van der Waals surface area contributed by atoms with Gasteiger partial charge in [0.1, 0.15) is 4.99 Å². The van der Waals surface area contributed by atoms with Crippen LogP contribution in [0, 0.1) is 18.8 Å². The van der Waals surface area contributed by atoms with E-state index in [4.69, 9.17) is 18.0 Å². The lowest BCUT2D eigenvalue weighted by atomic mass is 10.1. The Kier molecular flexibility index (Phi) is 5.01. The second-order valence-corrected chi connectivity index (χ2v) is 8.16. The van der Waals surface area contributed by atoms with Crippen molar-refractivity contribution in [3.8, 4) is 0 Å². The predicted octanol–water partition coefficient (Wildman–Crippen LogP) is 2.34. The molecule has 1 aromatic carbocycles. The van der Waals surface area contributed by atoms with Crippen LogP contribution in [0.4, 0.5) is 0 Å². The van der Waals surface area contributed by atoms with Crippen molar-refractivity contribution >= 4 is 27.2 Å². The van der Waals surface area contributed by atoms with Gasteiger partial charge >= 0.3 is 0 Å². The van der Waals surface area contributed by atoms with Gasteiger partial charge in [-0.3, -0.25) is 0 Å². The van der Waals surface area contributed by atoms with Crippen molar-refractivity contribution in [3.63, 3.8) is 0 Å². The van der Waals surface area contributed by atoms with Crippen LogP contribution in [-0.2, 0) is 10.0 Å². The minimum absolute atomic E-state index is 0.273. The molecule has 3 N–H and O–H groups in total. The predicted molar refractivity (Wildman–Crippen MR) is 88.8 cm³/mol. The van der Waals surface area contributed by atoms with E-state index in [9.17, 15) is 8.42 Å². The number of nitrogens with two attached hydrogens (primary N) is 1. The SMILES string of the molecule is Cc1cc(C(N)=S)ccc1S(=O)(=O)NCC1CCC(C)C1. The third-order valence-electron chi connectivity index (χ3n) is 4.11. The molecule has 1 aliphatic carbocycles. The van der Waals surface area contributed by atoms with Crippen LogP contribution in [0.2, 0.25) is 0 Å². The van der Waals surface area contributed by atoms with E-state index in [1.165, 1.54) is 6.42 Å². The number of nitrogens with one attached hydrogen (secondary N) is 1. The molecule has 0 saturated heterocycles. The summed E-state index contributed by atoms with van der Waals surface area (Å²) in [5.41, 5.74) is 6.91. The number of benzene rings is 1. The molecule has 1 saturated carbocycles. The molecule has 0 bridgehead atoms. The third-order valence-corrected chi connectivity index (χ3v) is 5.93. The lowest BCUT2D eigenvalue weighted by molar-refractivity contribution is 0.498. The van der Waals surface area contributed by atoms with Crippen molar-refractivity contribution < 1.29 is 8.42 Å². The molecule has 2 atom stereocenters. The Morgan fingerprint density at radius 2 is 2.14 bits per heavy atom. The Bertz CT molecular complexity index is 641. The van der Waals surface area contributed by atoms with Crippen LogP contribution < -0.4 is 10.5 Å². The summed E-state index contributed by atoms with van der Waals surface area (Å²) in [6.45, 7) is 4.49. The summed E-state index contributed by atoms with van der Waals surface area (Å²) in [5.74, 6) is 1.15. The van der Waals surface area contributed by atoms with Crippen molar-refractivity contribution in [2.75, 3.05) is 6.54 Å². The average Bonchev–Trinajstić information content (AvgIpc) is 2.82. The van der Waals surface area contributed by atoms with Gasteiger partial charge in [-0.05, 0) is 49.3 Å². The molecule has 0 spiro atoms. The highest BCUT2D eigenvalue weighted by molar-refractivity contribution is 7.89. The number of thiocarbonyl (C=S) groups is 1. The average molecular weight is 326 g/mol. The van der Waals surface area contributed by atoms with E-state index in [1.54, 1.807) is 25.1 Å². The zero-order valence-corrected chi connectivity index (χ0v) is 14.1. The Hall–Kier alpha value is -0.980. The first-order chi connectivity index (χ1) is 9.79. The highest BCUT2D eigenvalue weighted by Crippen LogP contribution is 2.30. The van der Waals surface area contributed by atoms with Gasteiger partial charge < -0.3 is 5.73 Å². The summed E-state index contributed by atoms with van der Waals surface area (Å²) >= 11 is 4.91. The molecule has 0 aromatic heterocycles. The van der Waals surface area contributed by atoms with Gasteiger partial charge in [0.2, 0.25) is 10.0 Å². The van der Waals surface area contributed by atoms with Gasteiger partial charge in [0, 0.05) is 12.1 Å². The summed E-state index contributed by atoms with van der Waals surface area (Å²) in [7, 11) is -3.47. The minimum Gasteiger partial charge on any atom is -0.389 e. The molecule has 1 fully saturated rings. The molecular weight excluding hydrogens is 304 g/mol. The largest absolute Gasteiger partial charge is 0.389 e. The van der Waals surface area contributed by atoms with E-state index in [-0.39, 0.29) is 4.99 Å². The fourth-order valence-electron chi connectivity index (χ4n) is 2.92. The van der Waals surface area contributed by atoms with Crippen LogP contribution in [0.1, 0.15) is 37.3 Å². The zero-order chi connectivity index (χ0) is 15.6. The number of sulfonamides is 1. The van der Waals surface area contributed by atoms with Crippen molar-refractivity contribution in [2.45, 2.75) is 38.0 Å². The molecule has 2 unspecified atom stereocenters. The standard InChI is InChI=1S/C15H22N2O2S2/c1-10-3-4-12(7-10)9-17-21(18,19)14-6-5-13(15(16)20)8-11(14)2/h5-6,8,10,12,17H,3-4,7,9H2,1-2H3,(H2,16,20). The molecule has 0 heterocycles. The van der Waals surface area contributed by atoms with Gasteiger partial charge in [0.05, 0.1) is 4.90 Å². The van der Waals surface area contributed by atoms with Crippen molar-refractivity contribution in [2.24, 2.45) is 17.6 Å². The van der Waals surface area contributed by atoms with Gasteiger partial charge in [-0.25, -0.2) is 13.1 Å². The Balaban J connectivity index is 2.10. The van der Waals surface area contributed by atoms with Crippen LogP contribution >= 0.6 is 12.2 Å². The van der Waals surface area contributed by atoms with E-state index < -0.39 is 10.0 Å². The monoisotopic (exact) mass is 326 g/mol. The lowest BCUT2D eigenvalue weighted by Gasteiger charge is -2.13. The van der Waals surface area contributed by atoms with Crippen molar-refractivity contribution in [1.82, 2.24) is 4.72 Å². The third kappa shape index (κ3) is 4.02. The van der Waals surface area contributed by atoms with Gasteiger partial charge in [-0.1, -0.05) is 31.6 Å². The second kappa shape index (κ2) is 6.42. The van der Waals surface area contributed by atoms with Crippen LogP contribution in [0.25, 0.3) is 0 Å². The number of hydrogen-bond donors (Lipinski definition) is 2. The van der Waals surface area contributed by atoms with E-state index >= 15 is 0 Å². The molecule has 0 radical (unpaired) electrons. The Morgan fingerprint density at radius 3 is 2.67 bits per heavy atom. The molecule has 6 heteroatoms. The molecule has 116 valence electrons. The molecule has 4 nitrogen and oxygen atoms in total. The maximum Gasteiger partial charge on any atom is 0.240 e. The summed E-state index contributed by atoms with van der Waals surface area (Å²) in [5, 5.41) is 0. The Labute approximate surface area is 132 Å². The summed E-state index contributed by atoms with van der Waals surface area (Å²) in [6, 6.07) is 4.94. The first-order valence-corrected chi connectivity index (χ1v) is 9.09. The zero-order valence-electron chi connectivity index (χ0n) is 12.4. The molecule has 21 heavy (non-hydrogen) atoms. The normalized spacial score (nSPS) is 22.4. The molecule has 1 aromatic rings. The highest BCUT2D eigenvalue weighted by atomic mass is 32.2. The highest BCUT2D eigenvalue weighted by Gasteiger charge is 2.24. The fourth-order valence-corrected chi connectivity index (χ4v) is 4.39. The maximum absolute atomic E-state index is 12.4. The second-order valence-electron chi connectivity index (χ2n) is 5.98. The van der Waals surface area contributed by atoms with Crippen LogP contribution in [-0.4, -0.2) is 20.0 Å². The smallest absolute Gasteiger partial charge is 0.240 e. The summed E-state index contributed by atoms with van der Waals surface area (Å²) in [4.78, 5) is 0.573. The van der Waals surface area contributed by atoms with Gasteiger partial charge in [-0.2, -0.15) is 0 Å². The topological polar surface area (TPSA) is 72.2 Å². The summed E-state index contributed by atoms with van der Waals surface area (Å²) in [6.07, 6.45) is 3.39. The quantitative estimate of drug-likeness (QED) is 0.815. The molecule has 2 rings (SSSR count). The molecular formula is C15H22N2O2S2. The lowest BCUT2D eigenvalue weighted by Crippen LogP contribution is -2.29. The molecule has 0 amide bonds. The van der Waals surface area contributed by atoms with Crippen LogP contribution in [0.5, 0.6) is 0 Å². The first kappa shape index (κ1) is 16.4. The van der Waals surface area contributed by atoms with E-state index in [2.05, 4.69) is 11.6 Å². The summed E-state index contributed by atoms with van der Waals surface area (Å²) < 4.78 is 27.5. The number of hydrogen-bond acceptors (Lipinski definition) is 3. The molecule has 0 aliphatic heterocycles. The van der Waals surface area contributed by atoms with Gasteiger partial charge in [-0.15, -0.1) is 0 Å². The van der Waals surface area contributed by atoms with Crippen molar-refractivity contribution in [3.05, 3.63) is 29.3 Å².